The lowest BCUT2D eigenvalue weighted by Gasteiger charge is -2.15. The van der Waals surface area contributed by atoms with Gasteiger partial charge in [-0.05, 0) is 41.8 Å². The third-order valence-corrected chi connectivity index (χ3v) is 5.23. The molecule has 3 aromatic heterocycles. The van der Waals surface area contributed by atoms with Crippen molar-refractivity contribution in [1.82, 2.24) is 19.3 Å². The summed E-state index contributed by atoms with van der Waals surface area (Å²) in [6, 6.07) is 14.2. The minimum Gasteiger partial charge on any atom is -0.497 e. The van der Waals surface area contributed by atoms with Gasteiger partial charge in [-0.2, -0.15) is 0 Å². The zero-order valence-corrected chi connectivity index (χ0v) is 18.3. The van der Waals surface area contributed by atoms with Gasteiger partial charge in [0.1, 0.15) is 22.5 Å². The van der Waals surface area contributed by atoms with E-state index in [4.69, 9.17) is 10.1 Å². The molecule has 2 N–H and O–H groups in total. The molecule has 4 rings (SSSR count). The largest absolute Gasteiger partial charge is 0.497 e. The summed E-state index contributed by atoms with van der Waals surface area (Å²) >= 11 is 0. The summed E-state index contributed by atoms with van der Waals surface area (Å²) in [6.07, 6.45) is 1.64. The van der Waals surface area contributed by atoms with Gasteiger partial charge in [-0.3, -0.25) is 19.4 Å². The normalized spacial score (nSPS) is 11.2. The molecule has 0 unspecified atom stereocenters. The highest BCUT2D eigenvalue weighted by Crippen LogP contribution is 2.15. The van der Waals surface area contributed by atoms with E-state index in [9.17, 15) is 9.59 Å². The van der Waals surface area contributed by atoms with E-state index in [-0.39, 0.29) is 40.4 Å². The molecule has 0 radical (unpaired) electrons. The lowest BCUT2D eigenvalue weighted by Crippen LogP contribution is -2.36. The number of benzene rings is 1. The van der Waals surface area contributed by atoms with Crippen LogP contribution in [0, 0.1) is 11.3 Å². The Bertz CT molecular complexity index is 1420. The molecule has 8 nitrogen and oxygen atoms in total. The van der Waals surface area contributed by atoms with E-state index >= 15 is 0 Å². The lowest BCUT2D eigenvalue weighted by molar-refractivity contribution is 0.0946. The van der Waals surface area contributed by atoms with E-state index in [1.165, 1.54) is 10.5 Å². The van der Waals surface area contributed by atoms with Gasteiger partial charge in [-0.15, -0.1) is 0 Å². The summed E-state index contributed by atoms with van der Waals surface area (Å²) in [7, 11) is 1.60. The predicted octanol–water partition coefficient (Wildman–Crippen LogP) is 2.57. The number of hydrogen-bond acceptors (Lipinski definition) is 5. The van der Waals surface area contributed by atoms with E-state index < -0.39 is 0 Å². The smallest absolute Gasteiger partial charge is 0.267 e. The van der Waals surface area contributed by atoms with Gasteiger partial charge < -0.3 is 14.6 Å². The van der Waals surface area contributed by atoms with E-state index in [1.54, 1.807) is 36.1 Å². The molecule has 1 amide bonds. The Kier molecular flexibility index (Phi) is 5.77. The van der Waals surface area contributed by atoms with Gasteiger partial charge >= 0.3 is 0 Å². The Hall–Kier alpha value is -3.94. The SMILES string of the molecule is COc1ccc(Cn2c(=N)c(C(=O)NCC(C)C)cc3c(=O)n4ccccc4nc32)cc1. The maximum atomic E-state index is 13.2. The zero-order valence-electron chi connectivity index (χ0n) is 18.3. The summed E-state index contributed by atoms with van der Waals surface area (Å²) in [5.41, 5.74) is 1.59. The van der Waals surface area contributed by atoms with Crippen molar-refractivity contribution in [2.45, 2.75) is 20.4 Å². The number of nitrogens with one attached hydrogen (secondary N) is 2. The molecule has 164 valence electrons. The highest BCUT2D eigenvalue weighted by Gasteiger charge is 2.18. The number of fused-ring (bicyclic) bond motifs is 2. The number of carbonyl (C=O) groups excluding carboxylic acids is 1. The monoisotopic (exact) mass is 431 g/mol. The van der Waals surface area contributed by atoms with E-state index in [2.05, 4.69) is 10.3 Å². The number of nitrogens with zero attached hydrogens (tertiary/aromatic N) is 3. The number of rotatable bonds is 6. The third-order valence-electron chi connectivity index (χ3n) is 5.23. The van der Waals surface area contributed by atoms with Crippen LogP contribution in [0.3, 0.4) is 0 Å². The summed E-state index contributed by atoms with van der Waals surface area (Å²) in [5, 5.41) is 11.9. The van der Waals surface area contributed by atoms with Crippen molar-refractivity contribution in [2.24, 2.45) is 5.92 Å². The van der Waals surface area contributed by atoms with Gasteiger partial charge in [-0.25, -0.2) is 4.98 Å². The summed E-state index contributed by atoms with van der Waals surface area (Å²) in [6.45, 7) is 4.74. The number of aromatic nitrogens is 3. The predicted molar refractivity (Wildman–Crippen MR) is 122 cm³/mol. The summed E-state index contributed by atoms with van der Waals surface area (Å²) in [5.74, 6) is 0.599. The topological polar surface area (TPSA) is 101 Å². The summed E-state index contributed by atoms with van der Waals surface area (Å²) < 4.78 is 8.27. The standard InChI is InChI=1S/C24H25N5O3/c1-15(2)13-26-23(30)18-12-19-22(27-20-6-4-5-11-28(20)24(19)31)29(21(18)25)14-16-7-9-17(32-3)10-8-16/h4-12,15,25H,13-14H2,1-3H3,(H,26,30). The maximum Gasteiger partial charge on any atom is 0.267 e. The molecular formula is C24H25N5O3. The molecule has 0 aliphatic rings. The van der Waals surface area contributed by atoms with Crippen molar-refractivity contribution >= 4 is 22.6 Å². The highest BCUT2D eigenvalue weighted by molar-refractivity contribution is 5.96. The number of methoxy groups -OCH3 is 1. The Morgan fingerprint density at radius 1 is 1.19 bits per heavy atom. The second-order valence-electron chi connectivity index (χ2n) is 8.03. The second-order valence-corrected chi connectivity index (χ2v) is 8.03. The van der Waals surface area contributed by atoms with Crippen molar-refractivity contribution in [1.29, 1.82) is 5.41 Å². The van der Waals surface area contributed by atoms with Gasteiger partial charge in [0.25, 0.3) is 11.5 Å². The van der Waals surface area contributed by atoms with E-state index in [1.807, 2.05) is 38.1 Å². The molecule has 0 atom stereocenters. The first kappa shape index (κ1) is 21.3. The van der Waals surface area contributed by atoms with Crippen LogP contribution in [0.2, 0.25) is 0 Å². The fraction of sp³-hybridized carbons (Fsp3) is 0.250. The number of carbonyl (C=O) groups is 1. The van der Waals surface area contributed by atoms with Crippen molar-refractivity contribution < 1.29 is 9.53 Å². The Balaban J connectivity index is 1.95. The van der Waals surface area contributed by atoms with Crippen LogP contribution in [-0.2, 0) is 6.54 Å². The fourth-order valence-electron chi connectivity index (χ4n) is 3.52. The zero-order chi connectivity index (χ0) is 22.8. The maximum absolute atomic E-state index is 13.2. The van der Waals surface area contributed by atoms with Crippen LogP contribution < -0.4 is 21.1 Å². The Morgan fingerprint density at radius 3 is 2.62 bits per heavy atom. The van der Waals surface area contributed by atoms with Crippen molar-refractivity contribution in [2.75, 3.05) is 13.7 Å². The van der Waals surface area contributed by atoms with Crippen LogP contribution in [0.4, 0.5) is 0 Å². The molecule has 3 heterocycles. The first-order valence-electron chi connectivity index (χ1n) is 10.4. The number of amides is 1. The van der Waals surface area contributed by atoms with Crippen LogP contribution in [0.25, 0.3) is 16.7 Å². The summed E-state index contributed by atoms with van der Waals surface area (Å²) in [4.78, 5) is 30.8. The van der Waals surface area contributed by atoms with Crippen molar-refractivity contribution in [3.05, 3.63) is 81.7 Å². The fourth-order valence-corrected chi connectivity index (χ4v) is 3.52. The molecule has 8 heteroatoms. The molecule has 0 aliphatic carbocycles. The highest BCUT2D eigenvalue weighted by atomic mass is 16.5. The van der Waals surface area contributed by atoms with Crippen LogP contribution in [-0.4, -0.2) is 33.5 Å². The van der Waals surface area contributed by atoms with Crippen molar-refractivity contribution in [3.63, 3.8) is 0 Å². The number of ether oxygens (including phenoxy) is 1. The van der Waals surface area contributed by atoms with Gasteiger partial charge in [0, 0.05) is 12.7 Å². The molecule has 0 spiro atoms. The van der Waals surface area contributed by atoms with Crippen LogP contribution in [0.5, 0.6) is 5.75 Å². The average molecular weight is 431 g/mol. The number of hydrogen-bond donors (Lipinski definition) is 2. The van der Waals surface area contributed by atoms with E-state index in [0.29, 0.717) is 17.8 Å². The van der Waals surface area contributed by atoms with Gasteiger partial charge in [0.15, 0.2) is 0 Å². The van der Waals surface area contributed by atoms with Gasteiger partial charge in [0.05, 0.1) is 24.6 Å². The first-order valence-corrected chi connectivity index (χ1v) is 10.4. The first-order chi connectivity index (χ1) is 15.4. The molecular weight excluding hydrogens is 406 g/mol. The van der Waals surface area contributed by atoms with E-state index in [0.717, 1.165) is 11.3 Å². The lowest BCUT2D eigenvalue weighted by atomic mass is 10.1. The third kappa shape index (κ3) is 3.99. The molecule has 0 saturated carbocycles. The second kappa shape index (κ2) is 8.66. The van der Waals surface area contributed by atoms with Crippen molar-refractivity contribution in [3.8, 4) is 5.75 Å². The molecule has 0 aliphatic heterocycles. The minimum atomic E-state index is -0.383. The molecule has 0 fully saturated rings. The van der Waals surface area contributed by atoms with Crippen LogP contribution in [0.1, 0.15) is 29.8 Å². The van der Waals surface area contributed by atoms with Gasteiger partial charge in [0.2, 0.25) is 0 Å². The minimum absolute atomic E-state index is 0.00163. The molecule has 32 heavy (non-hydrogen) atoms. The molecule has 4 aromatic rings. The molecule has 0 bridgehead atoms. The Morgan fingerprint density at radius 2 is 1.94 bits per heavy atom. The van der Waals surface area contributed by atoms with Gasteiger partial charge in [-0.1, -0.05) is 32.0 Å². The molecule has 1 aromatic carbocycles. The number of pyridine rings is 2. The Labute approximate surface area is 184 Å². The molecule has 0 saturated heterocycles. The van der Waals surface area contributed by atoms with Crippen LogP contribution >= 0.6 is 0 Å². The quantitative estimate of drug-likeness (QED) is 0.458. The average Bonchev–Trinajstić information content (AvgIpc) is 2.80. The van der Waals surface area contributed by atoms with Crippen LogP contribution in [0.15, 0.2) is 59.5 Å².